The summed E-state index contributed by atoms with van der Waals surface area (Å²) < 4.78 is 1.15. The van der Waals surface area contributed by atoms with Crippen molar-refractivity contribution in [2.24, 2.45) is 0 Å². The fourth-order valence-electron chi connectivity index (χ4n) is 2.37. The number of aromatic carboxylic acids is 2. The van der Waals surface area contributed by atoms with E-state index in [1.165, 1.54) is 0 Å². The fourth-order valence-corrected chi connectivity index (χ4v) is 2.37. The number of nitrogens with zero attached hydrogens (tertiary/aromatic N) is 2. The molecule has 1 aromatic heterocycles. The summed E-state index contributed by atoms with van der Waals surface area (Å²) in [5.41, 5.74) is 0.450. The number of carboxylic acids is 2. The van der Waals surface area contributed by atoms with Crippen LogP contribution in [0.2, 0.25) is 0 Å². The van der Waals surface area contributed by atoms with Gasteiger partial charge in [-0.2, -0.15) is 5.10 Å². The van der Waals surface area contributed by atoms with Gasteiger partial charge in [0.05, 0.1) is 5.69 Å². The lowest BCUT2D eigenvalue weighted by Crippen LogP contribution is -2.12. The first-order valence-electron chi connectivity index (χ1n) is 6.80. The maximum atomic E-state index is 11.6. The van der Waals surface area contributed by atoms with Crippen LogP contribution in [-0.4, -0.2) is 31.9 Å². The highest BCUT2D eigenvalue weighted by atomic mass is 16.4. The van der Waals surface area contributed by atoms with Crippen molar-refractivity contribution in [3.05, 3.63) is 71.9 Å². The summed E-state index contributed by atoms with van der Waals surface area (Å²) in [7, 11) is 0. The van der Waals surface area contributed by atoms with E-state index in [0.717, 1.165) is 4.68 Å². The minimum absolute atomic E-state index is 0.124. The standard InChI is InChI=1S/C17H12N2O4/c20-16(21)13-14(11-7-3-1-4-8-11)18-19(15(13)17(22)23)12-9-5-2-6-10-12/h1-10H,(H,20,21)(H,22,23). The molecule has 0 bridgehead atoms. The Bertz CT molecular complexity index is 798. The Kier molecular flexibility index (Phi) is 3.64. The molecule has 0 aliphatic rings. The third-order valence-electron chi connectivity index (χ3n) is 3.35. The number of aromatic nitrogens is 2. The average molecular weight is 308 g/mol. The minimum atomic E-state index is -1.35. The molecule has 2 aromatic carbocycles. The molecule has 0 saturated heterocycles. The molecule has 0 aliphatic carbocycles. The molecule has 0 radical (unpaired) electrons. The van der Waals surface area contributed by atoms with Gasteiger partial charge in [-0.15, -0.1) is 0 Å². The van der Waals surface area contributed by atoms with Gasteiger partial charge in [-0.25, -0.2) is 14.3 Å². The second-order valence-electron chi connectivity index (χ2n) is 4.80. The van der Waals surface area contributed by atoms with Crippen molar-refractivity contribution >= 4 is 11.9 Å². The zero-order valence-corrected chi connectivity index (χ0v) is 11.9. The van der Waals surface area contributed by atoms with Crippen LogP contribution in [0.4, 0.5) is 0 Å². The van der Waals surface area contributed by atoms with Crippen LogP contribution in [0.15, 0.2) is 60.7 Å². The normalized spacial score (nSPS) is 10.4. The van der Waals surface area contributed by atoms with Crippen molar-refractivity contribution in [2.75, 3.05) is 0 Å². The van der Waals surface area contributed by atoms with Crippen molar-refractivity contribution in [1.29, 1.82) is 0 Å². The first-order chi connectivity index (χ1) is 11.1. The number of hydrogen-bond donors (Lipinski definition) is 2. The summed E-state index contributed by atoms with van der Waals surface area (Å²) in [6, 6.07) is 17.2. The van der Waals surface area contributed by atoms with E-state index in [9.17, 15) is 19.8 Å². The van der Waals surface area contributed by atoms with E-state index >= 15 is 0 Å². The summed E-state index contributed by atoms with van der Waals surface area (Å²) in [6.45, 7) is 0. The highest BCUT2D eigenvalue weighted by molar-refractivity contribution is 6.05. The Hall–Kier alpha value is -3.41. The van der Waals surface area contributed by atoms with Crippen molar-refractivity contribution in [2.45, 2.75) is 0 Å². The molecule has 0 fully saturated rings. The Labute approximate surface area is 131 Å². The molecular formula is C17H12N2O4. The summed E-state index contributed by atoms with van der Waals surface area (Å²) in [6.07, 6.45) is 0. The molecule has 6 nitrogen and oxygen atoms in total. The zero-order chi connectivity index (χ0) is 16.4. The topological polar surface area (TPSA) is 92.4 Å². The number of para-hydroxylation sites is 1. The Morgan fingerprint density at radius 2 is 1.39 bits per heavy atom. The van der Waals surface area contributed by atoms with E-state index in [2.05, 4.69) is 5.10 Å². The molecular weight excluding hydrogens is 296 g/mol. The van der Waals surface area contributed by atoms with Gasteiger partial charge in [0.1, 0.15) is 11.3 Å². The summed E-state index contributed by atoms with van der Waals surface area (Å²) in [5.74, 6) is -2.68. The molecule has 0 atom stereocenters. The van der Waals surface area contributed by atoms with Gasteiger partial charge in [0, 0.05) is 5.56 Å². The van der Waals surface area contributed by atoms with Crippen molar-refractivity contribution in [1.82, 2.24) is 9.78 Å². The average Bonchev–Trinajstić information content (AvgIpc) is 2.97. The fraction of sp³-hybridized carbons (Fsp3) is 0. The van der Waals surface area contributed by atoms with Crippen molar-refractivity contribution < 1.29 is 19.8 Å². The predicted molar refractivity (Wildman–Crippen MR) is 82.9 cm³/mol. The minimum Gasteiger partial charge on any atom is -0.478 e. The molecule has 0 amide bonds. The molecule has 2 N–H and O–H groups in total. The van der Waals surface area contributed by atoms with Crippen molar-refractivity contribution in [3.8, 4) is 16.9 Å². The van der Waals surface area contributed by atoms with Gasteiger partial charge in [0.15, 0.2) is 5.69 Å². The van der Waals surface area contributed by atoms with Gasteiger partial charge in [-0.3, -0.25) is 0 Å². The summed E-state index contributed by atoms with van der Waals surface area (Å²) in [5, 5.41) is 23.2. The van der Waals surface area contributed by atoms with E-state index in [1.807, 2.05) is 0 Å². The third kappa shape index (κ3) is 2.57. The molecule has 3 aromatic rings. The molecule has 1 heterocycles. The van der Waals surface area contributed by atoms with E-state index < -0.39 is 11.9 Å². The maximum absolute atomic E-state index is 11.6. The monoisotopic (exact) mass is 308 g/mol. The molecule has 0 spiro atoms. The van der Waals surface area contributed by atoms with Crippen LogP contribution in [0.1, 0.15) is 20.8 Å². The van der Waals surface area contributed by atoms with Gasteiger partial charge < -0.3 is 10.2 Å². The number of benzene rings is 2. The Morgan fingerprint density at radius 3 is 1.91 bits per heavy atom. The lowest BCUT2D eigenvalue weighted by atomic mass is 10.1. The first kappa shape index (κ1) is 14.5. The predicted octanol–water partition coefficient (Wildman–Crippen LogP) is 2.94. The van der Waals surface area contributed by atoms with Crippen LogP contribution in [0.25, 0.3) is 16.9 Å². The SMILES string of the molecule is O=C(O)c1c(-c2ccccc2)nn(-c2ccccc2)c1C(=O)O. The summed E-state index contributed by atoms with van der Waals surface area (Å²) >= 11 is 0. The lowest BCUT2D eigenvalue weighted by Gasteiger charge is -2.03. The van der Waals surface area contributed by atoms with Gasteiger partial charge in [0.2, 0.25) is 0 Å². The molecule has 0 unspecified atom stereocenters. The van der Waals surface area contributed by atoms with Gasteiger partial charge in [-0.1, -0.05) is 48.5 Å². The highest BCUT2D eigenvalue weighted by Crippen LogP contribution is 2.27. The molecule has 0 saturated carbocycles. The molecule has 0 aliphatic heterocycles. The van der Waals surface area contributed by atoms with Crippen LogP contribution >= 0.6 is 0 Å². The molecule has 3 rings (SSSR count). The molecule has 114 valence electrons. The zero-order valence-electron chi connectivity index (χ0n) is 11.9. The highest BCUT2D eigenvalue weighted by Gasteiger charge is 2.29. The quantitative estimate of drug-likeness (QED) is 0.773. The molecule has 23 heavy (non-hydrogen) atoms. The largest absolute Gasteiger partial charge is 0.478 e. The Balaban J connectivity index is 2.34. The van der Waals surface area contributed by atoms with Crippen molar-refractivity contribution in [3.63, 3.8) is 0 Å². The third-order valence-corrected chi connectivity index (χ3v) is 3.35. The molecule has 6 heteroatoms. The van der Waals surface area contributed by atoms with Gasteiger partial charge >= 0.3 is 11.9 Å². The van der Waals surface area contributed by atoms with E-state index in [1.54, 1.807) is 60.7 Å². The van der Waals surface area contributed by atoms with Crippen LogP contribution in [0, 0.1) is 0 Å². The summed E-state index contributed by atoms with van der Waals surface area (Å²) in [4.78, 5) is 23.3. The number of carboxylic acid groups (broad SMARTS) is 2. The van der Waals surface area contributed by atoms with Crippen LogP contribution in [0.3, 0.4) is 0 Å². The second-order valence-corrected chi connectivity index (χ2v) is 4.80. The van der Waals surface area contributed by atoms with Crippen LogP contribution in [-0.2, 0) is 0 Å². The van der Waals surface area contributed by atoms with Crippen LogP contribution < -0.4 is 0 Å². The van der Waals surface area contributed by atoms with Crippen LogP contribution in [0.5, 0.6) is 0 Å². The lowest BCUT2D eigenvalue weighted by molar-refractivity contribution is 0.0646. The van der Waals surface area contributed by atoms with E-state index in [0.29, 0.717) is 11.3 Å². The number of carbonyl (C=O) groups is 2. The number of rotatable bonds is 4. The van der Waals surface area contributed by atoms with E-state index in [-0.39, 0.29) is 17.0 Å². The maximum Gasteiger partial charge on any atom is 0.355 e. The smallest absolute Gasteiger partial charge is 0.355 e. The first-order valence-corrected chi connectivity index (χ1v) is 6.80. The van der Waals surface area contributed by atoms with Gasteiger partial charge in [-0.05, 0) is 12.1 Å². The second kappa shape index (κ2) is 5.76. The van der Waals surface area contributed by atoms with Gasteiger partial charge in [0.25, 0.3) is 0 Å². The Morgan fingerprint density at radius 1 is 0.826 bits per heavy atom. The number of hydrogen-bond acceptors (Lipinski definition) is 3. The van der Waals surface area contributed by atoms with E-state index in [4.69, 9.17) is 0 Å².